The maximum Gasteiger partial charge on any atom is 0.316 e. The van der Waals surface area contributed by atoms with Crippen LogP contribution >= 0.6 is 0 Å². The van der Waals surface area contributed by atoms with Crippen LogP contribution < -0.4 is 0 Å². The highest BCUT2D eigenvalue weighted by atomic mass is 16.5. The van der Waals surface area contributed by atoms with Crippen molar-refractivity contribution in [2.75, 3.05) is 0 Å². The molecule has 4 unspecified atom stereocenters. The maximum absolute atomic E-state index is 11.1. The van der Waals surface area contributed by atoms with Gasteiger partial charge in [-0.2, -0.15) is 0 Å². The van der Waals surface area contributed by atoms with Crippen molar-refractivity contribution in [1.82, 2.24) is 0 Å². The number of carbonyl (C=O) groups is 3. The molecule has 0 amide bonds. The summed E-state index contributed by atoms with van der Waals surface area (Å²) in [5.41, 5.74) is -0.514. The molecule has 2 aliphatic rings. The number of Topliss-reactive ketones (excluding diaryl/α,β-unsaturated/α-hetero) is 2. The van der Waals surface area contributed by atoms with Gasteiger partial charge in [0, 0.05) is 6.42 Å². The Morgan fingerprint density at radius 1 is 1.25 bits per heavy atom. The third-order valence-electron chi connectivity index (χ3n) is 3.50. The van der Waals surface area contributed by atoms with Crippen LogP contribution in [0.2, 0.25) is 0 Å². The molecule has 2 saturated heterocycles. The smallest absolute Gasteiger partial charge is 0.316 e. The van der Waals surface area contributed by atoms with Gasteiger partial charge in [0.15, 0.2) is 11.6 Å². The topological polar surface area (TPSA) is 89.9 Å². The standard InChI is InChI=1S/C7H10O4.C7H12O2/c1-3-5(7(9)10)6(8)4(2)11-3;1-5-4-6(8)7(2,3)9-5/h3-5H,1-2H3,(H,9,10);5H,4H2,1-3H3. The SMILES string of the molecule is CC1CC(=O)C(C)(C)O1.CC1OC(C)C(C(=O)O)C1=O. The van der Waals surface area contributed by atoms with Gasteiger partial charge in [0.1, 0.15) is 17.6 Å². The summed E-state index contributed by atoms with van der Waals surface area (Å²) in [4.78, 5) is 32.5. The van der Waals surface area contributed by atoms with Gasteiger partial charge in [0.2, 0.25) is 0 Å². The second kappa shape index (κ2) is 6.01. The molecule has 4 atom stereocenters. The fraction of sp³-hybridized carbons (Fsp3) is 0.786. The van der Waals surface area contributed by atoms with Gasteiger partial charge in [-0.05, 0) is 34.6 Å². The number of hydrogen-bond acceptors (Lipinski definition) is 5. The number of carboxylic acids is 1. The quantitative estimate of drug-likeness (QED) is 0.729. The van der Waals surface area contributed by atoms with E-state index in [1.54, 1.807) is 13.8 Å². The molecule has 6 heteroatoms. The van der Waals surface area contributed by atoms with Gasteiger partial charge in [0.25, 0.3) is 0 Å². The van der Waals surface area contributed by atoms with Gasteiger partial charge in [-0.3, -0.25) is 14.4 Å². The van der Waals surface area contributed by atoms with Crippen LogP contribution in [0.1, 0.15) is 41.0 Å². The fourth-order valence-corrected chi connectivity index (χ4v) is 2.39. The summed E-state index contributed by atoms with van der Waals surface area (Å²) in [6, 6.07) is 0. The van der Waals surface area contributed by atoms with Crippen molar-refractivity contribution in [3.63, 3.8) is 0 Å². The molecule has 6 nitrogen and oxygen atoms in total. The van der Waals surface area contributed by atoms with E-state index in [1.807, 2.05) is 20.8 Å². The third kappa shape index (κ3) is 3.64. The Labute approximate surface area is 118 Å². The Balaban J connectivity index is 0.000000204. The van der Waals surface area contributed by atoms with E-state index in [0.29, 0.717) is 6.42 Å². The molecular formula is C14H22O6. The summed E-state index contributed by atoms with van der Waals surface area (Å²) in [7, 11) is 0. The molecule has 0 saturated carbocycles. The van der Waals surface area contributed by atoms with E-state index >= 15 is 0 Å². The van der Waals surface area contributed by atoms with E-state index in [0.717, 1.165) is 0 Å². The minimum atomic E-state index is -1.09. The first-order valence-electron chi connectivity index (χ1n) is 6.69. The average Bonchev–Trinajstić information content (AvgIpc) is 2.64. The van der Waals surface area contributed by atoms with Crippen molar-refractivity contribution in [2.24, 2.45) is 5.92 Å². The average molecular weight is 286 g/mol. The fourth-order valence-electron chi connectivity index (χ4n) is 2.39. The van der Waals surface area contributed by atoms with Crippen LogP contribution in [-0.2, 0) is 23.9 Å². The lowest BCUT2D eigenvalue weighted by atomic mass is 10.00. The molecule has 2 aliphatic heterocycles. The van der Waals surface area contributed by atoms with Crippen LogP contribution in [0.25, 0.3) is 0 Å². The minimum absolute atomic E-state index is 0.118. The molecule has 2 rings (SSSR count). The van der Waals surface area contributed by atoms with Crippen LogP contribution in [-0.4, -0.2) is 46.6 Å². The summed E-state index contributed by atoms with van der Waals surface area (Å²) in [6.07, 6.45) is -0.360. The molecule has 0 bridgehead atoms. The minimum Gasteiger partial charge on any atom is -0.481 e. The first-order chi connectivity index (χ1) is 9.06. The molecule has 0 radical (unpaired) electrons. The molecule has 0 aromatic rings. The Bertz CT molecular complexity index is 414. The summed E-state index contributed by atoms with van der Waals surface area (Å²) in [6.45, 7) is 8.73. The second-order valence-corrected chi connectivity index (χ2v) is 5.77. The van der Waals surface area contributed by atoms with Crippen LogP contribution in [0.15, 0.2) is 0 Å². The zero-order valence-corrected chi connectivity index (χ0v) is 12.5. The first kappa shape index (κ1) is 16.8. The van der Waals surface area contributed by atoms with Crippen molar-refractivity contribution in [3.8, 4) is 0 Å². The zero-order valence-electron chi connectivity index (χ0n) is 12.5. The lowest BCUT2D eigenvalue weighted by Crippen LogP contribution is -2.27. The molecule has 2 fully saturated rings. The van der Waals surface area contributed by atoms with Crippen molar-refractivity contribution in [1.29, 1.82) is 0 Å². The zero-order chi connectivity index (χ0) is 15.7. The van der Waals surface area contributed by atoms with Gasteiger partial charge >= 0.3 is 5.97 Å². The Morgan fingerprint density at radius 2 is 1.80 bits per heavy atom. The molecule has 114 valence electrons. The highest BCUT2D eigenvalue weighted by Crippen LogP contribution is 2.25. The van der Waals surface area contributed by atoms with Crippen molar-refractivity contribution >= 4 is 17.5 Å². The molecule has 0 aliphatic carbocycles. The van der Waals surface area contributed by atoms with Crippen LogP contribution in [0.3, 0.4) is 0 Å². The molecular weight excluding hydrogens is 264 g/mol. The largest absolute Gasteiger partial charge is 0.481 e. The summed E-state index contributed by atoms with van der Waals surface area (Å²) >= 11 is 0. The van der Waals surface area contributed by atoms with Crippen molar-refractivity contribution < 1.29 is 29.0 Å². The second-order valence-electron chi connectivity index (χ2n) is 5.77. The summed E-state index contributed by atoms with van der Waals surface area (Å²) in [5, 5.41) is 8.57. The van der Waals surface area contributed by atoms with E-state index in [4.69, 9.17) is 14.6 Å². The first-order valence-corrected chi connectivity index (χ1v) is 6.69. The Kier molecular flexibility index (Phi) is 5.05. The lowest BCUT2D eigenvalue weighted by molar-refractivity contribution is -0.145. The molecule has 0 aromatic heterocycles. The molecule has 1 N–H and O–H groups in total. The van der Waals surface area contributed by atoms with Gasteiger partial charge in [0.05, 0.1) is 12.2 Å². The van der Waals surface area contributed by atoms with Crippen LogP contribution in [0.5, 0.6) is 0 Å². The van der Waals surface area contributed by atoms with Crippen molar-refractivity contribution in [3.05, 3.63) is 0 Å². The normalized spacial score (nSPS) is 35.6. The van der Waals surface area contributed by atoms with Gasteiger partial charge in [-0.15, -0.1) is 0 Å². The molecule has 0 aromatic carbocycles. The number of rotatable bonds is 1. The molecule has 0 spiro atoms. The monoisotopic (exact) mass is 286 g/mol. The Morgan fingerprint density at radius 3 is 1.95 bits per heavy atom. The predicted molar refractivity (Wildman–Crippen MR) is 70.4 cm³/mol. The highest BCUT2D eigenvalue weighted by Gasteiger charge is 2.43. The van der Waals surface area contributed by atoms with Crippen LogP contribution in [0, 0.1) is 5.92 Å². The number of hydrogen-bond donors (Lipinski definition) is 1. The van der Waals surface area contributed by atoms with Gasteiger partial charge < -0.3 is 14.6 Å². The van der Waals surface area contributed by atoms with Gasteiger partial charge in [-0.1, -0.05) is 0 Å². The maximum atomic E-state index is 11.1. The highest BCUT2D eigenvalue weighted by molar-refractivity contribution is 6.02. The number of ether oxygens (including phenoxy) is 2. The van der Waals surface area contributed by atoms with E-state index < -0.39 is 29.7 Å². The predicted octanol–water partition coefficient (Wildman–Crippen LogP) is 1.21. The molecule has 2 heterocycles. The van der Waals surface area contributed by atoms with Gasteiger partial charge in [-0.25, -0.2) is 0 Å². The van der Waals surface area contributed by atoms with E-state index in [9.17, 15) is 14.4 Å². The van der Waals surface area contributed by atoms with Crippen LogP contribution in [0.4, 0.5) is 0 Å². The lowest BCUT2D eigenvalue weighted by Gasteiger charge is -2.14. The summed E-state index contributed by atoms with van der Waals surface area (Å²) < 4.78 is 10.3. The van der Waals surface area contributed by atoms with E-state index in [-0.39, 0.29) is 17.7 Å². The van der Waals surface area contributed by atoms with E-state index in [2.05, 4.69) is 0 Å². The number of ketones is 2. The third-order valence-corrected chi connectivity index (χ3v) is 3.50. The van der Waals surface area contributed by atoms with Crippen molar-refractivity contribution in [2.45, 2.75) is 65.0 Å². The summed E-state index contributed by atoms with van der Waals surface area (Å²) in [5.74, 6) is -2.17. The number of aliphatic carboxylic acids is 1. The molecule has 20 heavy (non-hydrogen) atoms. The Hall–Kier alpha value is -1.27. The number of carbonyl (C=O) groups excluding carboxylic acids is 2. The van der Waals surface area contributed by atoms with E-state index in [1.165, 1.54) is 0 Å². The number of carboxylic acid groups (broad SMARTS) is 1.